The second kappa shape index (κ2) is 10.6. The Labute approximate surface area is 203 Å². The Balaban J connectivity index is 1.63. The zero-order chi connectivity index (χ0) is 24.1. The van der Waals surface area contributed by atoms with E-state index < -0.39 is 5.92 Å². The minimum Gasteiger partial charge on any atom is -0.497 e. The first kappa shape index (κ1) is 23.6. The SMILES string of the molecule is COc1ccc(OC)c([C@@H]2CN(C(=O)c3cccc(Cl)c3)C[C@@H]2C(=O)NCc2ccccn2)c1. The lowest BCUT2D eigenvalue weighted by molar-refractivity contribution is -0.125. The van der Waals surface area contributed by atoms with Crippen molar-refractivity contribution >= 4 is 23.4 Å². The number of amides is 2. The van der Waals surface area contributed by atoms with E-state index in [9.17, 15) is 9.59 Å². The van der Waals surface area contributed by atoms with Crippen LogP contribution in [0.25, 0.3) is 0 Å². The number of benzene rings is 2. The van der Waals surface area contributed by atoms with E-state index in [-0.39, 0.29) is 24.3 Å². The monoisotopic (exact) mass is 479 g/mol. The number of nitrogens with one attached hydrogen (secondary N) is 1. The molecule has 0 bridgehead atoms. The van der Waals surface area contributed by atoms with Crippen molar-refractivity contribution in [3.8, 4) is 11.5 Å². The first-order valence-electron chi connectivity index (χ1n) is 10.9. The fraction of sp³-hybridized carbons (Fsp3) is 0.269. The lowest BCUT2D eigenvalue weighted by Gasteiger charge is -2.21. The second-order valence-electron chi connectivity index (χ2n) is 8.08. The summed E-state index contributed by atoms with van der Waals surface area (Å²) >= 11 is 6.10. The van der Waals surface area contributed by atoms with Crippen LogP contribution in [0.5, 0.6) is 11.5 Å². The van der Waals surface area contributed by atoms with Crippen molar-refractivity contribution in [1.82, 2.24) is 15.2 Å². The zero-order valence-corrected chi connectivity index (χ0v) is 19.8. The number of ether oxygens (including phenoxy) is 2. The molecule has 2 heterocycles. The van der Waals surface area contributed by atoms with Gasteiger partial charge in [0.1, 0.15) is 11.5 Å². The van der Waals surface area contributed by atoms with E-state index in [4.69, 9.17) is 21.1 Å². The lowest BCUT2D eigenvalue weighted by Crippen LogP contribution is -2.35. The number of carbonyl (C=O) groups is 2. The van der Waals surface area contributed by atoms with Gasteiger partial charge in [-0.1, -0.05) is 23.7 Å². The summed E-state index contributed by atoms with van der Waals surface area (Å²) in [5, 5.41) is 3.47. The van der Waals surface area contributed by atoms with Crippen LogP contribution < -0.4 is 14.8 Å². The normalized spacial score (nSPS) is 17.3. The van der Waals surface area contributed by atoms with Crippen molar-refractivity contribution in [2.24, 2.45) is 5.92 Å². The minimum atomic E-state index is -0.479. The van der Waals surface area contributed by atoms with E-state index in [0.29, 0.717) is 35.2 Å². The van der Waals surface area contributed by atoms with Gasteiger partial charge in [-0.15, -0.1) is 0 Å². The fourth-order valence-corrected chi connectivity index (χ4v) is 4.49. The van der Waals surface area contributed by atoms with Crippen LogP contribution in [0.2, 0.25) is 5.02 Å². The van der Waals surface area contributed by atoms with Gasteiger partial charge in [0.05, 0.1) is 32.4 Å². The van der Waals surface area contributed by atoms with E-state index in [0.717, 1.165) is 11.3 Å². The maximum Gasteiger partial charge on any atom is 0.253 e. The smallest absolute Gasteiger partial charge is 0.253 e. The summed E-state index contributed by atoms with van der Waals surface area (Å²) in [6, 6.07) is 17.9. The summed E-state index contributed by atoms with van der Waals surface area (Å²) in [6.07, 6.45) is 1.69. The van der Waals surface area contributed by atoms with Crippen LogP contribution in [0.4, 0.5) is 0 Å². The highest BCUT2D eigenvalue weighted by Gasteiger charge is 2.42. The van der Waals surface area contributed by atoms with Crippen LogP contribution in [0.3, 0.4) is 0 Å². The molecule has 3 aromatic rings. The first-order valence-corrected chi connectivity index (χ1v) is 11.3. The number of aromatic nitrogens is 1. The first-order chi connectivity index (χ1) is 16.5. The number of methoxy groups -OCH3 is 2. The predicted octanol–water partition coefficient (Wildman–Crippen LogP) is 3.92. The Morgan fingerprint density at radius 1 is 1.06 bits per heavy atom. The molecule has 8 heteroatoms. The van der Waals surface area contributed by atoms with Crippen molar-refractivity contribution in [3.05, 3.63) is 88.7 Å². The summed E-state index contributed by atoms with van der Waals surface area (Å²) in [6.45, 7) is 0.932. The van der Waals surface area contributed by atoms with E-state index in [1.54, 1.807) is 49.6 Å². The molecule has 1 aliphatic rings. The molecule has 0 spiro atoms. The van der Waals surface area contributed by atoms with Crippen LogP contribution in [-0.2, 0) is 11.3 Å². The third-order valence-electron chi connectivity index (χ3n) is 6.02. The van der Waals surface area contributed by atoms with Gasteiger partial charge in [-0.3, -0.25) is 14.6 Å². The molecule has 0 saturated carbocycles. The molecule has 1 N–H and O–H groups in total. The number of hydrogen-bond acceptors (Lipinski definition) is 5. The van der Waals surface area contributed by atoms with Crippen molar-refractivity contribution in [2.75, 3.05) is 27.3 Å². The molecule has 1 fully saturated rings. The molecule has 2 aromatic carbocycles. The Kier molecular flexibility index (Phi) is 7.33. The Hall–Kier alpha value is -3.58. The van der Waals surface area contributed by atoms with Gasteiger partial charge in [0.15, 0.2) is 0 Å². The zero-order valence-electron chi connectivity index (χ0n) is 19.0. The average Bonchev–Trinajstić information content (AvgIpc) is 3.32. The average molecular weight is 480 g/mol. The Bertz CT molecular complexity index is 1170. The third kappa shape index (κ3) is 5.15. The van der Waals surface area contributed by atoms with E-state index in [1.807, 2.05) is 36.4 Å². The van der Waals surface area contributed by atoms with Crippen molar-refractivity contribution in [2.45, 2.75) is 12.5 Å². The molecule has 4 rings (SSSR count). The second-order valence-corrected chi connectivity index (χ2v) is 8.52. The molecule has 0 aliphatic carbocycles. The highest BCUT2D eigenvalue weighted by atomic mass is 35.5. The van der Waals surface area contributed by atoms with Crippen LogP contribution >= 0.6 is 11.6 Å². The van der Waals surface area contributed by atoms with Gasteiger partial charge in [-0.2, -0.15) is 0 Å². The predicted molar refractivity (Wildman–Crippen MR) is 129 cm³/mol. The molecular formula is C26H26ClN3O4. The highest BCUT2D eigenvalue weighted by molar-refractivity contribution is 6.30. The summed E-state index contributed by atoms with van der Waals surface area (Å²) in [5.41, 5.74) is 2.07. The van der Waals surface area contributed by atoms with Gasteiger partial charge in [-0.05, 0) is 48.5 Å². The Morgan fingerprint density at radius 3 is 2.62 bits per heavy atom. The molecule has 0 radical (unpaired) electrons. The van der Waals surface area contributed by atoms with Crippen LogP contribution in [-0.4, -0.2) is 49.0 Å². The molecule has 1 aromatic heterocycles. The fourth-order valence-electron chi connectivity index (χ4n) is 4.30. The topological polar surface area (TPSA) is 80.8 Å². The standard InChI is InChI=1S/C26H26ClN3O4/c1-33-20-9-10-24(34-2)21(13-20)22-15-30(26(32)17-6-5-7-18(27)12-17)16-23(22)25(31)29-14-19-8-3-4-11-28-19/h3-13,22-23H,14-16H2,1-2H3,(H,29,31)/t22-,23-/m0/s1. The van der Waals surface area contributed by atoms with E-state index in [1.165, 1.54) is 0 Å². The third-order valence-corrected chi connectivity index (χ3v) is 6.26. The maximum absolute atomic E-state index is 13.3. The number of hydrogen-bond donors (Lipinski definition) is 1. The van der Waals surface area contributed by atoms with Gasteiger partial charge >= 0.3 is 0 Å². The number of carbonyl (C=O) groups excluding carboxylic acids is 2. The summed E-state index contributed by atoms with van der Waals surface area (Å²) < 4.78 is 11.0. The minimum absolute atomic E-state index is 0.151. The van der Waals surface area contributed by atoms with Gasteiger partial charge in [0.2, 0.25) is 5.91 Å². The van der Waals surface area contributed by atoms with Crippen LogP contribution in [0.1, 0.15) is 27.5 Å². The van der Waals surface area contributed by atoms with Crippen molar-refractivity contribution < 1.29 is 19.1 Å². The highest BCUT2D eigenvalue weighted by Crippen LogP contribution is 2.40. The number of pyridine rings is 1. The number of halogens is 1. The van der Waals surface area contributed by atoms with Gasteiger partial charge < -0.3 is 19.7 Å². The molecular weight excluding hydrogens is 454 g/mol. The van der Waals surface area contributed by atoms with Crippen LogP contribution in [0, 0.1) is 5.92 Å². The van der Waals surface area contributed by atoms with Gasteiger partial charge in [-0.25, -0.2) is 0 Å². The quantitative estimate of drug-likeness (QED) is 0.555. The molecule has 1 saturated heterocycles. The number of likely N-dealkylation sites (tertiary alicyclic amines) is 1. The largest absolute Gasteiger partial charge is 0.497 e. The summed E-state index contributed by atoms with van der Waals surface area (Å²) in [5.74, 6) is 0.217. The molecule has 7 nitrogen and oxygen atoms in total. The molecule has 2 amide bonds. The number of rotatable bonds is 7. The number of nitrogens with zero attached hydrogens (tertiary/aromatic N) is 2. The molecule has 0 unspecified atom stereocenters. The molecule has 34 heavy (non-hydrogen) atoms. The van der Waals surface area contributed by atoms with Crippen LogP contribution in [0.15, 0.2) is 66.9 Å². The van der Waals surface area contributed by atoms with E-state index in [2.05, 4.69) is 10.3 Å². The van der Waals surface area contributed by atoms with Gasteiger partial charge in [0, 0.05) is 41.4 Å². The molecule has 176 valence electrons. The van der Waals surface area contributed by atoms with Crippen molar-refractivity contribution in [1.29, 1.82) is 0 Å². The molecule has 1 aliphatic heterocycles. The lowest BCUT2D eigenvalue weighted by atomic mass is 9.87. The Morgan fingerprint density at radius 2 is 1.91 bits per heavy atom. The molecule has 2 atom stereocenters. The summed E-state index contributed by atoms with van der Waals surface area (Å²) in [7, 11) is 3.18. The van der Waals surface area contributed by atoms with Gasteiger partial charge in [0.25, 0.3) is 5.91 Å². The maximum atomic E-state index is 13.3. The van der Waals surface area contributed by atoms with Crippen molar-refractivity contribution in [3.63, 3.8) is 0 Å². The van der Waals surface area contributed by atoms with E-state index >= 15 is 0 Å². The summed E-state index contributed by atoms with van der Waals surface area (Å²) in [4.78, 5) is 32.6.